The van der Waals surface area contributed by atoms with Crippen LogP contribution in [0.15, 0.2) is 35.1 Å². The molecule has 1 aliphatic carbocycles. The molecule has 174 valence electrons. The Bertz CT molecular complexity index is 982. The van der Waals surface area contributed by atoms with Gasteiger partial charge >= 0.3 is 12.1 Å². The lowest BCUT2D eigenvalue weighted by atomic mass is 9.89. The van der Waals surface area contributed by atoms with Crippen LogP contribution in [-0.2, 0) is 28.9 Å². The molecule has 0 radical (unpaired) electrons. The molecule has 3 rings (SSSR count). The molecule has 10 heteroatoms. The van der Waals surface area contributed by atoms with Gasteiger partial charge in [-0.3, -0.25) is 4.68 Å². The Morgan fingerprint density at radius 1 is 1.28 bits per heavy atom. The van der Waals surface area contributed by atoms with Crippen molar-refractivity contribution in [2.24, 2.45) is 5.92 Å². The summed E-state index contributed by atoms with van der Waals surface area (Å²) in [5, 5.41) is 13.6. The number of rotatable bonds is 8. The molecule has 0 aliphatic heterocycles. The molecular weight excluding hydrogens is 493 g/mol. The molecule has 1 aliphatic rings. The molecule has 1 aromatic carbocycles. The SMILES string of the molecule is CO/C=C(/C(=O)O)c1ccccc1COc1nn(CC2CCCCC2)c(Br)c1C(F)(F)F. The minimum Gasteiger partial charge on any atom is -0.503 e. The monoisotopic (exact) mass is 516 g/mol. The van der Waals surface area contributed by atoms with E-state index in [-0.39, 0.29) is 28.3 Å². The first kappa shape index (κ1) is 24.2. The lowest BCUT2D eigenvalue weighted by Gasteiger charge is -2.21. The zero-order chi connectivity index (χ0) is 23.3. The van der Waals surface area contributed by atoms with Crippen LogP contribution in [0.4, 0.5) is 13.2 Å². The van der Waals surface area contributed by atoms with Gasteiger partial charge in [-0.2, -0.15) is 13.2 Å². The highest BCUT2D eigenvalue weighted by Crippen LogP contribution is 2.42. The van der Waals surface area contributed by atoms with Crippen LogP contribution in [-0.4, -0.2) is 28.0 Å². The number of methoxy groups -OCH3 is 1. The summed E-state index contributed by atoms with van der Waals surface area (Å²) in [6, 6.07) is 6.40. The number of nitrogens with zero attached hydrogens (tertiary/aromatic N) is 2. The summed E-state index contributed by atoms with van der Waals surface area (Å²) in [5.41, 5.74) is -0.427. The average Bonchev–Trinajstić information content (AvgIpc) is 3.06. The first-order valence-corrected chi connectivity index (χ1v) is 11.0. The van der Waals surface area contributed by atoms with Crippen LogP contribution in [0.2, 0.25) is 0 Å². The summed E-state index contributed by atoms with van der Waals surface area (Å²) in [4.78, 5) is 11.6. The molecule has 1 fully saturated rings. The van der Waals surface area contributed by atoms with Gasteiger partial charge in [-0.05, 0) is 45.8 Å². The molecule has 0 unspecified atom stereocenters. The molecule has 32 heavy (non-hydrogen) atoms. The van der Waals surface area contributed by atoms with Crippen LogP contribution in [0.25, 0.3) is 5.57 Å². The number of hydrogen-bond donors (Lipinski definition) is 1. The summed E-state index contributed by atoms with van der Waals surface area (Å²) in [6.07, 6.45) is 1.60. The van der Waals surface area contributed by atoms with Gasteiger partial charge in [-0.15, -0.1) is 5.10 Å². The van der Waals surface area contributed by atoms with Crippen molar-refractivity contribution in [1.29, 1.82) is 0 Å². The van der Waals surface area contributed by atoms with Crippen molar-refractivity contribution in [2.75, 3.05) is 7.11 Å². The molecule has 0 bridgehead atoms. The molecule has 0 saturated heterocycles. The van der Waals surface area contributed by atoms with Gasteiger partial charge in [0.1, 0.15) is 16.8 Å². The summed E-state index contributed by atoms with van der Waals surface area (Å²) < 4.78 is 52.8. The topological polar surface area (TPSA) is 73.6 Å². The molecule has 1 heterocycles. The summed E-state index contributed by atoms with van der Waals surface area (Å²) >= 11 is 3.07. The van der Waals surface area contributed by atoms with E-state index in [0.29, 0.717) is 12.1 Å². The third kappa shape index (κ3) is 5.65. The molecule has 0 amide bonds. The first-order valence-electron chi connectivity index (χ1n) is 10.2. The number of ether oxygens (including phenoxy) is 2. The zero-order valence-corrected chi connectivity index (χ0v) is 19.1. The molecule has 6 nitrogen and oxygen atoms in total. The number of carbonyl (C=O) groups is 1. The normalized spacial score (nSPS) is 15.6. The summed E-state index contributed by atoms with van der Waals surface area (Å²) in [5.74, 6) is -1.50. The molecule has 1 aromatic heterocycles. The number of aromatic nitrogens is 2. The van der Waals surface area contributed by atoms with Gasteiger partial charge in [0.15, 0.2) is 5.56 Å². The average molecular weight is 517 g/mol. The predicted octanol–water partition coefficient (Wildman–Crippen LogP) is 5.90. The second-order valence-electron chi connectivity index (χ2n) is 7.67. The standard InChI is InChI=1S/C22H24BrF3N2O4/c1-31-13-17(21(29)30)16-10-6-5-9-15(16)12-32-20-18(22(24,25)26)19(23)28(27-20)11-14-7-3-2-4-8-14/h5-6,9-10,13-14H,2-4,7-8,11-12H2,1H3,(H,29,30)/b17-13+. The van der Waals surface area contributed by atoms with Gasteiger partial charge in [-0.1, -0.05) is 43.5 Å². The van der Waals surface area contributed by atoms with Crippen molar-refractivity contribution in [3.63, 3.8) is 0 Å². The number of halogens is 4. The Labute approximate surface area is 192 Å². The number of carboxylic acids is 1. The van der Waals surface area contributed by atoms with Gasteiger partial charge in [0.2, 0.25) is 5.88 Å². The minimum atomic E-state index is -4.67. The fourth-order valence-corrected chi connectivity index (χ4v) is 4.52. The van der Waals surface area contributed by atoms with Crippen molar-refractivity contribution in [3.05, 3.63) is 51.8 Å². The van der Waals surface area contributed by atoms with Gasteiger partial charge in [0.25, 0.3) is 0 Å². The third-order valence-electron chi connectivity index (χ3n) is 5.44. The molecule has 1 N–H and O–H groups in total. The van der Waals surface area contributed by atoms with Crippen LogP contribution >= 0.6 is 15.9 Å². The largest absolute Gasteiger partial charge is 0.503 e. The summed E-state index contributed by atoms with van der Waals surface area (Å²) in [7, 11) is 1.31. The van der Waals surface area contributed by atoms with Crippen LogP contribution in [0.1, 0.15) is 48.8 Å². The van der Waals surface area contributed by atoms with E-state index in [1.165, 1.54) is 11.8 Å². The van der Waals surface area contributed by atoms with Gasteiger partial charge in [0, 0.05) is 6.54 Å². The van der Waals surface area contributed by atoms with Gasteiger partial charge < -0.3 is 14.6 Å². The highest BCUT2D eigenvalue weighted by Gasteiger charge is 2.41. The molecule has 2 aromatic rings. The number of carboxylic acid groups (broad SMARTS) is 1. The Morgan fingerprint density at radius 3 is 2.59 bits per heavy atom. The van der Waals surface area contributed by atoms with E-state index in [0.717, 1.165) is 38.4 Å². The molecular formula is C22H24BrF3N2O4. The van der Waals surface area contributed by atoms with Crippen molar-refractivity contribution in [1.82, 2.24) is 9.78 Å². The maximum absolute atomic E-state index is 13.8. The van der Waals surface area contributed by atoms with E-state index in [1.807, 2.05) is 0 Å². The Hall–Kier alpha value is -2.49. The fourth-order valence-electron chi connectivity index (χ4n) is 3.90. The van der Waals surface area contributed by atoms with E-state index < -0.39 is 23.6 Å². The second-order valence-corrected chi connectivity index (χ2v) is 8.42. The Kier molecular flexibility index (Phi) is 7.86. The van der Waals surface area contributed by atoms with Crippen molar-refractivity contribution in [3.8, 4) is 5.88 Å². The highest BCUT2D eigenvalue weighted by atomic mass is 79.9. The quantitative estimate of drug-likeness (QED) is 0.349. The van der Waals surface area contributed by atoms with Crippen molar-refractivity contribution >= 4 is 27.5 Å². The van der Waals surface area contributed by atoms with E-state index >= 15 is 0 Å². The van der Waals surface area contributed by atoms with Crippen LogP contribution < -0.4 is 4.74 Å². The van der Waals surface area contributed by atoms with E-state index in [2.05, 4.69) is 21.0 Å². The van der Waals surface area contributed by atoms with Crippen molar-refractivity contribution in [2.45, 2.75) is 51.4 Å². The Morgan fingerprint density at radius 2 is 1.97 bits per heavy atom. The molecule has 0 spiro atoms. The van der Waals surface area contributed by atoms with E-state index in [9.17, 15) is 23.1 Å². The van der Waals surface area contributed by atoms with E-state index in [4.69, 9.17) is 9.47 Å². The van der Waals surface area contributed by atoms with Gasteiger partial charge in [-0.25, -0.2) is 4.79 Å². The van der Waals surface area contributed by atoms with Crippen LogP contribution in [0.5, 0.6) is 5.88 Å². The lowest BCUT2D eigenvalue weighted by Crippen LogP contribution is -2.15. The highest BCUT2D eigenvalue weighted by molar-refractivity contribution is 9.10. The molecule has 0 atom stereocenters. The smallest absolute Gasteiger partial charge is 0.424 e. The third-order valence-corrected chi connectivity index (χ3v) is 6.24. The number of aliphatic carboxylic acids is 1. The number of benzene rings is 1. The number of alkyl halides is 3. The second kappa shape index (κ2) is 10.4. The maximum Gasteiger partial charge on any atom is 0.424 e. The number of hydrogen-bond acceptors (Lipinski definition) is 4. The van der Waals surface area contributed by atoms with Crippen LogP contribution in [0.3, 0.4) is 0 Å². The fraction of sp³-hybridized carbons (Fsp3) is 0.455. The summed E-state index contributed by atoms with van der Waals surface area (Å²) in [6.45, 7) is 0.0871. The lowest BCUT2D eigenvalue weighted by molar-refractivity contribution is -0.139. The first-order chi connectivity index (χ1) is 15.2. The van der Waals surface area contributed by atoms with Crippen molar-refractivity contribution < 1.29 is 32.5 Å². The maximum atomic E-state index is 13.8. The minimum absolute atomic E-state index is 0.133. The predicted molar refractivity (Wildman–Crippen MR) is 115 cm³/mol. The zero-order valence-electron chi connectivity index (χ0n) is 17.5. The molecule has 1 saturated carbocycles. The Balaban J connectivity index is 1.89. The van der Waals surface area contributed by atoms with Crippen LogP contribution in [0, 0.1) is 5.92 Å². The van der Waals surface area contributed by atoms with Gasteiger partial charge in [0.05, 0.1) is 13.4 Å². The van der Waals surface area contributed by atoms with E-state index in [1.54, 1.807) is 24.3 Å².